The maximum atomic E-state index is 14.3. The van der Waals surface area contributed by atoms with E-state index in [2.05, 4.69) is 20.1 Å². The van der Waals surface area contributed by atoms with Crippen molar-refractivity contribution in [3.05, 3.63) is 72.5 Å². The zero-order valence-corrected chi connectivity index (χ0v) is 25.7. The Morgan fingerprint density at radius 3 is 2.61 bits per heavy atom. The van der Waals surface area contributed by atoms with Crippen LogP contribution in [0.25, 0.3) is 10.8 Å². The van der Waals surface area contributed by atoms with Gasteiger partial charge in [-0.3, -0.25) is 14.0 Å². The Hall–Kier alpha value is -3.96. The predicted molar refractivity (Wildman–Crippen MR) is 162 cm³/mol. The predicted octanol–water partition coefficient (Wildman–Crippen LogP) is 4.59. The molecular weight excluding hydrogens is 584 g/mol. The number of ether oxygens (including phenoxy) is 1. The standard InChI is InChI=1S/C33H36N2O8S/c1-5-10-20-15-16-25-27-21(20)11-8-13-23(27)35(44(25,39)40)24-14-9-12-22-28(24)30(33(38)41-17-6-2)34-29(22)26(31(34)36)19(4)32(37)43-42-18-7-3/h6-8,11,13,15-16,19,22,24,26,29H,2-3,5,9-10,12,14,17-18H2,1,4H3/t19?,22-,24?,26?,29?/m0/s1. The Morgan fingerprint density at radius 1 is 1.11 bits per heavy atom. The number of amides is 1. The molecule has 4 unspecified atom stereocenters. The van der Waals surface area contributed by atoms with E-state index in [1.54, 1.807) is 13.0 Å². The molecular formula is C33H36N2O8S. The van der Waals surface area contributed by atoms with E-state index in [4.69, 9.17) is 14.5 Å². The molecule has 1 saturated heterocycles. The summed E-state index contributed by atoms with van der Waals surface area (Å²) in [6.45, 7) is 10.8. The van der Waals surface area contributed by atoms with Gasteiger partial charge in [0.15, 0.2) is 0 Å². The molecule has 2 fully saturated rings. The number of benzene rings is 2. The third-order valence-electron chi connectivity index (χ3n) is 9.28. The Balaban J connectivity index is 1.44. The first kappa shape index (κ1) is 30.1. The van der Waals surface area contributed by atoms with Gasteiger partial charge in [-0.15, -0.1) is 6.58 Å². The molecule has 4 aliphatic rings. The number of carbonyl (C=O) groups is 3. The van der Waals surface area contributed by atoms with Crippen LogP contribution in [-0.2, 0) is 45.3 Å². The second kappa shape index (κ2) is 11.5. The van der Waals surface area contributed by atoms with Gasteiger partial charge in [-0.05, 0) is 47.9 Å². The van der Waals surface area contributed by atoms with Crippen molar-refractivity contribution in [3.63, 3.8) is 0 Å². The number of β-lactam (4-membered cyclic amide) rings is 1. The third kappa shape index (κ3) is 4.39. The summed E-state index contributed by atoms with van der Waals surface area (Å²) >= 11 is 0. The minimum Gasteiger partial charge on any atom is -0.457 e. The molecule has 0 radical (unpaired) electrons. The number of rotatable bonds is 11. The smallest absolute Gasteiger partial charge is 0.355 e. The van der Waals surface area contributed by atoms with Gasteiger partial charge in [-0.1, -0.05) is 63.6 Å². The van der Waals surface area contributed by atoms with E-state index in [0.717, 1.165) is 23.8 Å². The molecule has 1 aliphatic carbocycles. The lowest BCUT2D eigenvalue weighted by Crippen LogP contribution is -2.63. The number of anilines is 1. The minimum absolute atomic E-state index is 0.00131. The molecule has 11 heteroatoms. The SMILES string of the molecule is C=CCOOC(=O)C(C)C1C(=O)N2C(C(=O)OCC=C)=C3C(N4c5cccc6c(CCC)ccc(c56)S4(=O)=O)CCC[C@@H]3C12. The fourth-order valence-corrected chi connectivity index (χ4v) is 9.44. The lowest BCUT2D eigenvalue weighted by Gasteiger charge is -2.48. The lowest BCUT2D eigenvalue weighted by atomic mass is 9.69. The molecule has 5 atom stereocenters. The van der Waals surface area contributed by atoms with Gasteiger partial charge < -0.3 is 9.64 Å². The lowest BCUT2D eigenvalue weighted by molar-refractivity contribution is -0.271. The number of esters is 1. The minimum atomic E-state index is -3.99. The number of fused-ring (bicyclic) bond motifs is 3. The fraction of sp³-hybridized carbons (Fsp3) is 0.424. The Labute approximate surface area is 256 Å². The van der Waals surface area contributed by atoms with Crippen LogP contribution < -0.4 is 4.31 Å². The Morgan fingerprint density at radius 2 is 1.89 bits per heavy atom. The Bertz CT molecular complexity index is 1710. The molecule has 0 bridgehead atoms. The molecule has 232 valence electrons. The molecule has 2 aromatic rings. The first-order valence-electron chi connectivity index (χ1n) is 15.1. The summed E-state index contributed by atoms with van der Waals surface area (Å²) in [6.07, 6.45) is 6.35. The first-order valence-corrected chi connectivity index (χ1v) is 16.5. The van der Waals surface area contributed by atoms with Crippen molar-refractivity contribution in [2.24, 2.45) is 17.8 Å². The van der Waals surface area contributed by atoms with Crippen LogP contribution in [0.4, 0.5) is 5.69 Å². The van der Waals surface area contributed by atoms with Gasteiger partial charge in [0, 0.05) is 11.3 Å². The molecule has 10 nitrogen and oxygen atoms in total. The maximum absolute atomic E-state index is 14.3. The van der Waals surface area contributed by atoms with Crippen LogP contribution in [0.5, 0.6) is 0 Å². The van der Waals surface area contributed by atoms with Gasteiger partial charge in [0.2, 0.25) is 5.91 Å². The quantitative estimate of drug-likeness (QED) is 0.0894. The number of hydrogen-bond acceptors (Lipinski definition) is 8. The second-order valence-electron chi connectivity index (χ2n) is 11.7. The molecule has 6 rings (SSSR count). The molecule has 1 amide bonds. The first-order chi connectivity index (χ1) is 21.2. The monoisotopic (exact) mass is 620 g/mol. The number of nitrogens with zero attached hydrogens (tertiary/aromatic N) is 2. The summed E-state index contributed by atoms with van der Waals surface area (Å²) in [5.74, 6) is -3.80. The van der Waals surface area contributed by atoms with Gasteiger partial charge >= 0.3 is 11.9 Å². The highest BCUT2D eigenvalue weighted by Crippen LogP contribution is 2.56. The maximum Gasteiger partial charge on any atom is 0.355 e. The number of carbonyl (C=O) groups excluding carboxylic acids is 3. The van der Waals surface area contributed by atoms with Crippen LogP contribution in [0, 0.1) is 17.8 Å². The zero-order valence-electron chi connectivity index (χ0n) is 24.9. The third-order valence-corrected chi connectivity index (χ3v) is 11.1. The van der Waals surface area contributed by atoms with Crippen molar-refractivity contribution in [2.75, 3.05) is 17.5 Å². The van der Waals surface area contributed by atoms with Crippen LogP contribution in [-0.4, -0.2) is 56.5 Å². The average Bonchev–Trinajstić information content (AvgIpc) is 3.44. The summed E-state index contributed by atoms with van der Waals surface area (Å²) in [5, 5.41) is 1.58. The highest BCUT2D eigenvalue weighted by Gasteiger charge is 2.64. The number of sulfonamides is 1. The van der Waals surface area contributed by atoms with Crippen molar-refractivity contribution in [1.29, 1.82) is 0 Å². The molecule has 0 spiro atoms. The van der Waals surface area contributed by atoms with Gasteiger partial charge in [0.1, 0.15) is 18.9 Å². The van der Waals surface area contributed by atoms with Gasteiger partial charge in [0.25, 0.3) is 10.0 Å². The van der Waals surface area contributed by atoms with Crippen LogP contribution in [0.15, 0.2) is 71.8 Å². The van der Waals surface area contributed by atoms with E-state index in [-0.39, 0.29) is 29.7 Å². The highest BCUT2D eigenvalue weighted by atomic mass is 32.2. The van der Waals surface area contributed by atoms with E-state index in [9.17, 15) is 22.8 Å². The van der Waals surface area contributed by atoms with Crippen molar-refractivity contribution >= 4 is 44.3 Å². The van der Waals surface area contributed by atoms with Crippen LogP contribution in [0.3, 0.4) is 0 Å². The summed E-state index contributed by atoms with van der Waals surface area (Å²) in [6, 6.07) is 7.97. The molecule has 1 saturated carbocycles. The summed E-state index contributed by atoms with van der Waals surface area (Å²) < 4.78 is 35.5. The fourth-order valence-electron chi connectivity index (χ4n) is 7.55. The molecule has 0 N–H and O–H groups in total. The molecule has 2 aromatic carbocycles. The van der Waals surface area contributed by atoms with E-state index < -0.39 is 51.8 Å². The van der Waals surface area contributed by atoms with E-state index in [1.807, 2.05) is 24.3 Å². The second-order valence-corrected chi connectivity index (χ2v) is 13.5. The van der Waals surface area contributed by atoms with Gasteiger partial charge in [-0.2, -0.15) is 4.89 Å². The normalized spacial score (nSPS) is 25.3. The topological polar surface area (TPSA) is 120 Å². The number of aryl methyl sites for hydroxylation is 1. The van der Waals surface area contributed by atoms with Gasteiger partial charge in [0.05, 0.1) is 34.5 Å². The van der Waals surface area contributed by atoms with Crippen molar-refractivity contribution in [2.45, 2.75) is 62.9 Å². The molecule has 3 heterocycles. The van der Waals surface area contributed by atoms with Crippen molar-refractivity contribution in [1.82, 2.24) is 4.90 Å². The highest BCUT2D eigenvalue weighted by molar-refractivity contribution is 7.93. The molecule has 0 aromatic heterocycles. The van der Waals surface area contributed by atoms with E-state index in [1.165, 1.54) is 21.4 Å². The molecule has 3 aliphatic heterocycles. The van der Waals surface area contributed by atoms with E-state index in [0.29, 0.717) is 35.9 Å². The van der Waals surface area contributed by atoms with Gasteiger partial charge in [-0.25, -0.2) is 18.0 Å². The van der Waals surface area contributed by atoms with Crippen LogP contribution in [0.2, 0.25) is 0 Å². The molecule has 44 heavy (non-hydrogen) atoms. The summed E-state index contributed by atoms with van der Waals surface area (Å²) in [7, 11) is -3.99. The Kier molecular flexibility index (Phi) is 7.87. The van der Waals surface area contributed by atoms with Crippen LogP contribution in [0.1, 0.15) is 45.1 Å². The zero-order chi connectivity index (χ0) is 31.3. The van der Waals surface area contributed by atoms with Crippen molar-refractivity contribution in [3.8, 4) is 0 Å². The summed E-state index contributed by atoms with van der Waals surface area (Å²) in [4.78, 5) is 51.6. The van der Waals surface area contributed by atoms with Crippen LogP contribution >= 0.6 is 0 Å². The van der Waals surface area contributed by atoms with E-state index >= 15 is 0 Å². The number of hydrogen-bond donors (Lipinski definition) is 0. The largest absolute Gasteiger partial charge is 0.457 e. The summed E-state index contributed by atoms with van der Waals surface area (Å²) in [5.41, 5.74) is 2.29. The average molecular weight is 621 g/mol. The van der Waals surface area contributed by atoms with Crippen molar-refractivity contribution < 1.29 is 37.3 Å².